The van der Waals surface area contributed by atoms with Crippen molar-refractivity contribution in [2.75, 3.05) is 23.4 Å². The second kappa shape index (κ2) is 4.41. The number of nitrogen functional groups attached to an aromatic ring is 1. The van der Waals surface area contributed by atoms with Gasteiger partial charge in [0.05, 0.1) is 0 Å². The van der Waals surface area contributed by atoms with E-state index in [9.17, 15) is 4.79 Å². The molecule has 4 N–H and O–H groups in total. The minimum absolute atomic E-state index is 0.00554. The number of hydrazine groups is 1. The standard InChI is InChI=1S/C11H18N6O/c1-7-6-14-10(16-12)15-8(7)17-5-4-13-9(18)11(17,2)3/h6H,4-5,12H2,1-3H3,(H,13,18)(H,14,15,16). The van der Waals surface area contributed by atoms with Gasteiger partial charge in [-0.3, -0.25) is 10.2 Å². The van der Waals surface area contributed by atoms with Crippen molar-refractivity contribution in [1.29, 1.82) is 0 Å². The number of anilines is 2. The number of carbonyl (C=O) groups excluding carboxylic acids is 1. The summed E-state index contributed by atoms with van der Waals surface area (Å²) in [6.45, 7) is 6.98. The molecule has 1 aliphatic heterocycles. The maximum atomic E-state index is 11.9. The van der Waals surface area contributed by atoms with Crippen molar-refractivity contribution in [3.8, 4) is 0 Å². The van der Waals surface area contributed by atoms with Crippen molar-refractivity contribution in [2.24, 2.45) is 5.84 Å². The van der Waals surface area contributed by atoms with Crippen LogP contribution in [0.15, 0.2) is 6.20 Å². The van der Waals surface area contributed by atoms with E-state index < -0.39 is 5.54 Å². The number of piperazine rings is 1. The Bertz CT molecular complexity index is 473. The molecule has 1 aliphatic rings. The van der Waals surface area contributed by atoms with Crippen molar-refractivity contribution < 1.29 is 4.79 Å². The monoisotopic (exact) mass is 250 g/mol. The molecule has 0 radical (unpaired) electrons. The molecule has 0 unspecified atom stereocenters. The Labute approximate surface area is 106 Å². The summed E-state index contributed by atoms with van der Waals surface area (Å²) in [5.74, 6) is 6.39. The highest BCUT2D eigenvalue weighted by atomic mass is 16.2. The Morgan fingerprint density at radius 3 is 2.94 bits per heavy atom. The SMILES string of the molecule is Cc1cnc(NN)nc1N1CCNC(=O)C1(C)C. The van der Waals surface area contributed by atoms with E-state index in [4.69, 9.17) is 5.84 Å². The quantitative estimate of drug-likeness (QED) is 0.496. The summed E-state index contributed by atoms with van der Waals surface area (Å²) in [4.78, 5) is 22.3. The van der Waals surface area contributed by atoms with Crippen LogP contribution in [0.1, 0.15) is 19.4 Å². The molecular weight excluding hydrogens is 232 g/mol. The molecule has 0 saturated carbocycles. The maximum Gasteiger partial charge on any atom is 0.245 e. The Kier molecular flexibility index (Phi) is 3.08. The van der Waals surface area contributed by atoms with Gasteiger partial charge in [0.15, 0.2) is 0 Å². The molecule has 0 atom stereocenters. The topological polar surface area (TPSA) is 96.2 Å². The first-order valence-electron chi connectivity index (χ1n) is 5.83. The Hall–Kier alpha value is -1.89. The van der Waals surface area contributed by atoms with Gasteiger partial charge in [-0.2, -0.15) is 4.98 Å². The molecule has 98 valence electrons. The summed E-state index contributed by atoms with van der Waals surface area (Å²) in [6, 6.07) is 0. The first kappa shape index (κ1) is 12.6. The van der Waals surface area contributed by atoms with Crippen molar-refractivity contribution in [3.63, 3.8) is 0 Å². The Balaban J connectivity index is 2.43. The number of nitrogens with two attached hydrogens (primary N) is 1. The average molecular weight is 250 g/mol. The average Bonchev–Trinajstić information content (AvgIpc) is 2.34. The molecule has 0 aromatic carbocycles. The number of amides is 1. The van der Waals surface area contributed by atoms with Crippen LogP contribution in [-0.2, 0) is 4.79 Å². The van der Waals surface area contributed by atoms with E-state index in [2.05, 4.69) is 20.7 Å². The molecule has 2 rings (SSSR count). The molecular formula is C11H18N6O. The highest BCUT2D eigenvalue weighted by molar-refractivity contribution is 5.90. The molecule has 1 fully saturated rings. The fourth-order valence-corrected chi connectivity index (χ4v) is 2.05. The van der Waals surface area contributed by atoms with E-state index in [0.29, 0.717) is 19.0 Å². The fraction of sp³-hybridized carbons (Fsp3) is 0.545. The summed E-state index contributed by atoms with van der Waals surface area (Å²) in [5.41, 5.74) is 2.70. The van der Waals surface area contributed by atoms with E-state index in [-0.39, 0.29) is 5.91 Å². The number of aryl methyl sites for hydroxylation is 1. The smallest absolute Gasteiger partial charge is 0.245 e. The second-order valence-corrected chi connectivity index (χ2v) is 4.81. The van der Waals surface area contributed by atoms with Gasteiger partial charge in [-0.1, -0.05) is 0 Å². The molecule has 2 heterocycles. The van der Waals surface area contributed by atoms with Crippen LogP contribution in [0.2, 0.25) is 0 Å². The largest absolute Gasteiger partial charge is 0.352 e. The van der Waals surface area contributed by atoms with Crippen LogP contribution in [0.3, 0.4) is 0 Å². The van der Waals surface area contributed by atoms with E-state index in [1.807, 2.05) is 25.7 Å². The number of carbonyl (C=O) groups is 1. The van der Waals surface area contributed by atoms with E-state index >= 15 is 0 Å². The number of hydrogen-bond acceptors (Lipinski definition) is 6. The van der Waals surface area contributed by atoms with Gasteiger partial charge in [-0.15, -0.1) is 0 Å². The molecule has 1 amide bonds. The van der Waals surface area contributed by atoms with Gasteiger partial charge in [0, 0.05) is 24.8 Å². The van der Waals surface area contributed by atoms with Crippen LogP contribution in [0.4, 0.5) is 11.8 Å². The zero-order valence-electron chi connectivity index (χ0n) is 10.8. The normalized spacial score (nSPS) is 18.4. The van der Waals surface area contributed by atoms with Gasteiger partial charge in [0.2, 0.25) is 11.9 Å². The minimum atomic E-state index is -0.636. The zero-order valence-corrected chi connectivity index (χ0v) is 10.8. The lowest BCUT2D eigenvalue weighted by molar-refractivity contribution is -0.126. The molecule has 0 spiro atoms. The van der Waals surface area contributed by atoms with Crippen LogP contribution in [0, 0.1) is 6.92 Å². The molecule has 7 heteroatoms. The molecule has 7 nitrogen and oxygen atoms in total. The van der Waals surface area contributed by atoms with E-state index in [0.717, 1.165) is 11.4 Å². The summed E-state index contributed by atoms with van der Waals surface area (Å²) in [5, 5.41) is 2.86. The fourth-order valence-electron chi connectivity index (χ4n) is 2.05. The number of hydrogen-bond donors (Lipinski definition) is 3. The van der Waals surface area contributed by atoms with Gasteiger partial charge in [-0.05, 0) is 20.8 Å². The summed E-state index contributed by atoms with van der Waals surface area (Å²) >= 11 is 0. The lowest BCUT2D eigenvalue weighted by Gasteiger charge is -2.42. The lowest BCUT2D eigenvalue weighted by Crippen LogP contribution is -2.62. The van der Waals surface area contributed by atoms with Crippen molar-refractivity contribution in [3.05, 3.63) is 11.8 Å². The predicted molar refractivity (Wildman–Crippen MR) is 69.0 cm³/mol. The molecule has 0 aliphatic carbocycles. The second-order valence-electron chi connectivity index (χ2n) is 4.81. The number of aromatic nitrogens is 2. The highest BCUT2D eigenvalue weighted by Gasteiger charge is 2.39. The molecule has 0 bridgehead atoms. The molecule has 1 saturated heterocycles. The van der Waals surface area contributed by atoms with Crippen molar-refractivity contribution in [1.82, 2.24) is 15.3 Å². The highest BCUT2D eigenvalue weighted by Crippen LogP contribution is 2.27. The first-order valence-corrected chi connectivity index (χ1v) is 5.83. The van der Waals surface area contributed by atoms with Crippen molar-refractivity contribution in [2.45, 2.75) is 26.3 Å². The van der Waals surface area contributed by atoms with Crippen LogP contribution in [-0.4, -0.2) is 34.5 Å². The third kappa shape index (κ3) is 1.97. The first-order chi connectivity index (χ1) is 8.46. The van der Waals surface area contributed by atoms with E-state index in [1.165, 1.54) is 0 Å². The van der Waals surface area contributed by atoms with Gasteiger partial charge >= 0.3 is 0 Å². The predicted octanol–water partition coefficient (Wildman–Crippen LogP) is -0.215. The summed E-state index contributed by atoms with van der Waals surface area (Å²) < 4.78 is 0. The lowest BCUT2D eigenvalue weighted by atomic mass is 9.98. The van der Waals surface area contributed by atoms with E-state index in [1.54, 1.807) is 6.20 Å². The van der Waals surface area contributed by atoms with Crippen LogP contribution < -0.4 is 21.5 Å². The Morgan fingerprint density at radius 1 is 1.56 bits per heavy atom. The Morgan fingerprint density at radius 2 is 2.28 bits per heavy atom. The van der Waals surface area contributed by atoms with Gasteiger partial charge in [0.1, 0.15) is 11.4 Å². The third-order valence-electron chi connectivity index (χ3n) is 3.18. The van der Waals surface area contributed by atoms with Gasteiger partial charge in [-0.25, -0.2) is 10.8 Å². The van der Waals surface area contributed by atoms with Gasteiger partial charge < -0.3 is 10.2 Å². The summed E-state index contributed by atoms with van der Waals surface area (Å²) in [7, 11) is 0. The molecule has 1 aromatic heterocycles. The van der Waals surface area contributed by atoms with Crippen LogP contribution >= 0.6 is 0 Å². The molecule has 18 heavy (non-hydrogen) atoms. The third-order valence-corrected chi connectivity index (χ3v) is 3.18. The number of nitrogens with one attached hydrogen (secondary N) is 2. The maximum absolute atomic E-state index is 11.9. The minimum Gasteiger partial charge on any atom is -0.352 e. The summed E-state index contributed by atoms with van der Waals surface area (Å²) in [6.07, 6.45) is 1.69. The number of rotatable bonds is 2. The number of nitrogens with zero attached hydrogens (tertiary/aromatic N) is 3. The zero-order chi connectivity index (χ0) is 13.3. The van der Waals surface area contributed by atoms with Crippen molar-refractivity contribution >= 4 is 17.7 Å². The van der Waals surface area contributed by atoms with Crippen LogP contribution in [0.5, 0.6) is 0 Å². The molecule has 1 aromatic rings. The van der Waals surface area contributed by atoms with Crippen LogP contribution in [0.25, 0.3) is 0 Å². The van der Waals surface area contributed by atoms with Gasteiger partial charge in [0.25, 0.3) is 0 Å².